The van der Waals surface area contributed by atoms with Gasteiger partial charge in [-0.15, -0.1) is 0 Å². The van der Waals surface area contributed by atoms with Crippen LogP contribution in [0.2, 0.25) is 0 Å². The molecule has 0 atom stereocenters. The van der Waals surface area contributed by atoms with E-state index in [2.05, 4.69) is 13.8 Å². The van der Waals surface area contributed by atoms with Crippen LogP contribution in [-0.4, -0.2) is 25.2 Å². The fraction of sp³-hybridized carbons (Fsp3) is 0.900. The summed E-state index contributed by atoms with van der Waals surface area (Å²) in [5, 5.41) is 0. The first-order valence-electron chi connectivity index (χ1n) is 9.83. The fourth-order valence-electron chi connectivity index (χ4n) is 3.58. The minimum Gasteiger partial charge on any atom is -0.465 e. The molecule has 1 rings (SSSR count). The average Bonchev–Trinajstić information content (AvgIpc) is 2.59. The molecule has 0 amide bonds. The van der Waals surface area contributed by atoms with Gasteiger partial charge in [0.25, 0.3) is 0 Å². The van der Waals surface area contributed by atoms with Gasteiger partial charge in [0.15, 0.2) is 5.41 Å². The molecule has 0 aromatic rings. The number of hydrogen-bond acceptors (Lipinski definition) is 4. The molecule has 1 aliphatic carbocycles. The minimum atomic E-state index is -1.10. The normalized spacial score (nSPS) is 16.2. The van der Waals surface area contributed by atoms with Crippen LogP contribution in [0.1, 0.15) is 85.5 Å². The number of carbonyl (C=O) groups excluding carboxylic acids is 2. The van der Waals surface area contributed by atoms with Crippen molar-refractivity contribution < 1.29 is 19.1 Å². The first kappa shape index (κ1) is 21.0. The maximum atomic E-state index is 13.0. The summed E-state index contributed by atoms with van der Waals surface area (Å²) in [5.74, 6) is -0.208. The zero-order valence-electron chi connectivity index (χ0n) is 16.1. The summed E-state index contributed by atoms with van der Waals surface area (Å²) in [6.07, 6.45) is 8.08. The highest BCUT2D eigenvalue weighted by Crippen LogP contribution is 2.45. The molecule has 0 bridgehead atoms. The molecular formula is C20H36O4. The SMILES string of the molecule is CCCOC(=O)C(CCC(C)C)(C(=O)OCCC)C1CCCCC1. The fourth-order valence-corrected chi connectivity index (χ4v) is 3.58. The summed E-state index contributed by atoms with van der Waals surface area (Å²) in [4.78, 5) is 26.0. The summed E-state index contributed by atoms with van der Waals surface area (Å²) in [6.45, 7) is 8.94. The quantitative estimate of drug-likeness (QED) is 0.419. The Morgan fingerprint density at radius 3 is 1.88 bits per heavy atom. The van der Waals surface area contributed by atoms with E-state index in [-0.39, 0.29) is 17.9 Å². The summed E-state index contributed by atoms with van der Waals surface area (Å²) in [5.41, 5.74) is -1.10. The van der Waals surface area contributed by atoms with Gasteiger partial charge in [-0.25, -0.2) is 0 Å². The van der Waals surface area contributed by atoms with Gasteiger partial charge in [0.1, 0.15) is 0 Å². The molecule has 0 radical (unpaired) electrons. The summed E-state index contributed by atoms with van der Waals surface area (Å²) in [7, 11) is 0. The van der Waals surface area contributed by atoms with Crippen LogP contribution in [0, 0.1) is 17.3 Å². The summed E-state index contributed by atoms with van der Waals surface area (Å²) >= 11 is 0. The second-order valence-corrected chi connectivity index (χ2v) is 7.51. The van der Waals surface area contributed by atoms with E-state index in [1.54, 1.807) is 0 Å². The van der Waals surface area contributed by atoms with Crippen molar-refractivity contribution in [3.8, 4) is 0 Å². The molecule has 4 nitrogen and oxygen atoms in total. The van der Waals surface area contributed by atoms with Crippen molar-refractivity contribution in [1.82, 2.24) is 0 Å². The molecule has 4 heteroatoms. The van der Waals surface area contributed by atoms with Crippen LogP contribution in [0.4, 0.5) is 0 Å². The highest BCUT2D eigenvalue weighted by molar-refractivity contribution is 6.00. The van der Waals surface area contributed by atoms with Gasteiger partial charge in [0.2, 0.25) is 0 Å². The molecule has 1 saturated carbocycles. The summed E-state index contributed by atoms with van der Waals surface area (Å²) in [6, 6.07) is 0. The molecule has 1 aliphatic rings. The predicted octanol–water partition coefficient (Wildman–Crippen LogP) is 4.90. The number of carbonyl (C=O) groups is 2. The molecule has 24 heavy (non-hydrogen) atoms. The Labute approximate surface area is 147 Å². The molecular weight excluding hydrogens is 304 g/mol. The van der Waals surface area contributed by atoms with Crippen LogP contribution in [-0.2, 0) is 19.1 Å². The third kappa shape index (κ3) is 5.49. The molecule has 0 aliphatic heterocycles. The first-order chi connectivity index (χ1) is 11.5. The Bertz CT molecular complexity index is 363. The van der Waals surface area contributed by atoms with Gasteiger partial charge < -0.3 is 9.47 Å². The molecule has 1 fully saturated rings. The van der Waals surface area contributed by atoms with Gasteiger partial charge in [-0.3, -0.25) is 9.59 Å². The van der Waals surface area contributed by atoms with Gasteiger partial charge >= 0.3 is 11.9 Å². The van der Waals surface area contributed by atoms with E-state index in [0.717, 1.165) is 44.9 Å². The lowest BCUT2D eigenvalue weighted by Gasteiger charge is -2.39. The van der Waals surface area contributed by atoms with Gasteiger partial charge in [0, 0.05) is 0 Å². The number of hydrogen-bond donors (Lipinski definition) is 0. The molecule has 0 aromatic heterocycles. The topological polar surface area (TPSA) is 52.6 Å². The van der Waals surface area contributed by atoms with Crippen molar-refractivity contribution in [2.24, 2.45) is 17.3 Å². The molecule has 0 aromatic carbocycles. The lowest BCUT2D eigenvalue weighted by atomic mass is 9.65. The Morgan fingerprint density at radius 1 is 0.958 bits per heavy atom. The van der Waals surface area contributed by atoms with Crippen molar-refractivity contribution in [2.45, 2.75) is 85.5 Å². The predicted molar refractivity (Wildman–Crippen MR) is 95.6 cm³/mol. The van der Waals surface area contributed by atoms with Crippen molar-refractivity contribution in [1.29, 1.82) is 0 Å². The monoisotopic (exact) mass is 340 g/mol. The van der Waals surface area contributed by atoms with E-state index in [1.165, 1.54) is 6.42 Å². The van der Waals surface area contributed by atoms with E-state index in [1.807, 2.05) is 13.8 Å². The van der Waals surface area contributed by atoms with Crippen LogP contribution in [0.3, 0.4) is 0 Å². The Morgan fingerprint density at radius 2 is 1.46 bits per heavy atom. The van der Waals surface area contributed by atoms with Crippen molar-refractivity contribution in [3.05, 3.63) is 0 Å². The van der Waals surface area contributed by atoms with E-state index < -0.39 is 5.41 Å². The zero-order valence-corrected chi connectivity index (χ0v) is 16.1. The highest BCUT2D eigenvalue weighted by atomic mass is 16.6. The number of ether oxygens (including phenoxy) is 2. The highest BCUT2D eigenvalue weighted by Gasteiger charge is 2.54. The number of rotatable bonds is 10. The van der Waals surface area contributed by atoms with Crippen molar-refractivity contribution in [2.75, 3.05) is 13.2 Å². The maximum absolute atomic E-state index is 13.0. The second-order valence-electron chi connectivity index (χ2n) is 7.51. The van der Waals surface area contributed by atoms with E-state index in [0.29, 0.717) is 25.6 Å². The Kier molecular flexibility index (Phi) is 9.38. The van der Waals surface area contributed by atoms with Gasteiger partial charge in [-0.1, -0.05) is 47.0 Å². The van der Waals surface area contributed by atoms with Gasteiger partial charge in [-0.2, -0.15) is 0 Å². The van der Waals surface area contributed by atoms with Crippen LogP contribution in [0.5, 0.6) is 0 Å². The molecule has 0 N–H and O–H groups in total. The average molecular weight is 341 g/mol. The largest absolute Gasteiger partial charge is 0.465 e. The molecule has 0 heterocycles. The molecule has 0 spiro atoms. The van der Waals surface area contributed by atoms with E-state index in [9.17, 15) is 9.59 Å². The lowest BCUT2D eigenvalue weighted by Crippen LogP contribution is -2.49. The van der Waals surface area contributed by atoms with E-state index >= 15 is 0 Å². The van der Waals surface area contributed by atoms with E-state index in [4.69, 9.17) is 9.47 Å². The zero-order chi connectivity index (χ0) is 18.0. The van der Waals surface area contributed by atoms with Gasteiger partial charge in [-0.05, 0) is 50.4 Å². The lowest BCUT2D eigenvalue weighted by molar-refractivity contribution is -0.180. The number of esters is 2. The van der Waals surface area contributed by atoms with Crippen molar-refractivity contribution >= 4 is 11.9 Å². The second kappa shape index (κ2) is 10.7. The standard InChI is InChI=1S/C20H36O4/c1-5-14-23-18(21)20(13-12-16(3)4,19(22)24-15-6-2)17-10-8-7-9-11-17/h16-17H,5-15H2,1-4H3. The molecule has 140 valence electrons. The third-order valence-corrected chi connectivity index (χ3v) is 5.02. The van der Waals surface area contributed by atoms with Crippen molar-refractivity contribution in [3.63, 3.8) is 0 Å². The maximum Gasteiger partial charge on any atom is 0.323 e. The van der Waals surface area contributed by atoms with Gasteiger partial charge in [0.05, 0.1) is 13.2 Å². The Balaban J connectivity index is 3.12. The van der Waals surface area contributed by atoms with Crippen LogP contribution >= 0.6 is 0 Å². The molecule has 0 unspecified atom stereocenters. The summed E-state index contributed by atoms with van der Waals surface area (Å²) < 4.78 is 11.0. The third-order valence-electron chi connectivity index (χ3n) is 5.02. The van der Waals surface area contributed by atoms with Crippen LogP contribution in [0.15, 0.2) is 0 Å². The molecule has 0 saturated heterocycles. The van der Waals surface area contributed by atoms with Crippen LogP contribution in [0.25, 0.3) is 0 Å². The first-order valence-corrected chi connectivity index (χ1v) is 9.83. The smallest absolute Gasteiger partial charge is 0.323 e. The van der Waals surface area contributed by atoms with Crippen LogP contribution < -0.4 is 0 Å². The minimum absolute atomic E-state index is 0.0544. The Hall–Kier alpha value is -1.06.